The Morgan fingerprint density at radius 1 is 1.41 bits per heavy atom. The van der Waals surface area contributed by atoms with Crippen LogP contribution in [0.5, 0.6) is 5.75 Å². The third kappa shape index (κ3) is 3.90. The summed E-state index contributed by atoms with van der Waals surface area (Å²) in [6, 6.07) is 8.34. The molecule has 2 heteroatoms. The third-order valence-electron chi connectivity index (χ3n) is 3.08. The summed E-state index contributed by atoms with van der Waals surface area (Å²) in [6.45, 7) is 5.29. The number of hydrogen-bond acceptors (Lipinski definition) is 2. The van der Waals surface area contributed by atoms with Crippen molar-refractivity contribution in [1.29, 1.82) is 0 Å². The molecule has 1 aromatic rings. The number of rotatable bonds is 6. The molecule has 0 bridgehead atoms. The molecule has 2 nitrogen and oxygen atoms in total. The topological polar surface area (TPSA) is 21.3 Å². The van der Waals surface area contributed by atoms with Crippen LogP contribution in [0.3, 0.4) is 0 Å². The highest BCUT2D eigenvalue weighted by Crippen LogP contribution is 2.27. The fourth-order valence-electron chi connectivity index (χ4n) is 2.14. The quantitative estimate of drug-likeness (QED) is 0.762. The van der Waals surface area contributed by atoms with Gasteiger partial charge in [-0.1, -0.05) is 31.2 Å². The number of likely N-dealkylation sites (N-methyl/N-ethyl adjacent to an activating group) is 1. The van der Waals surface area contributed by atoms with Crippen molar-refractivity contribution in [2.75, 3.05) is 20.7 Å². The summed E-state index contributed by atoms with van der Waals surface area (Å²) in [4.78, 5) is 0. The Morgan fingerprint density at radius 3 is 2.76 bits per heavy atom. The fraction of sp³-hybridized carbons (Fsp3) is 0.467. The summed E-state index contributed by atoms with van der Waals surface area (Å²) in [5.74, 6) is 1.92. The highest BCUT2D eigenvalue weighted by Gasteiger charge is 2.16. The average molecular weight is 233 g/mol. The smallest absolute Gasteiger partial charge is 0.119 e. The first-order valence-corrected chi connectivity index (χ1v) is 6.14. The SMILES string of the molecule is C/C=C\[C@@H](C)[C@@H](CNC)c1cccc(OC)c1. The molecule has 94 valence electrons. The molecule has 0 aromatic heterocycles. The largest absolute Gasteiger partial charge is 0.497 e. The molecule has 0 aliphatic carbocycles. The van der Waals surface area contributed by atoms with E-state index in [1.54, 1.807) is 7.11 Å². The Kier molecular flexibility index (Phi) is 5.78. The molecule has 1 rings (SSSR count). The van der Waals surface area contributed by atoms with E-state index in [9.17, 15) is 0 Å². The minimum absolute atomic E-state index is 0.478. The van der Waals surface area contributed by atoms with Crippen LogP contribution in [0.25, 0.3) is 0 Å². The molecule has 0 radical (unpaired) electrons. The molecule has 2 atom stereocenters. The third-order valence-corrected chi connectivity index (χ3v) is 3.08. The Balaban J connectivity index is 2.95. The van der Waals surface area contributed by atoms with Gasteiger partial charge in [-0.15, -0.1) is 0 Å². The van der Waals surface area contributed by atoms with Crippen LogP contribution in [0, 0.1) is 5.92 Å². The molecule has 0 spiro atoms. The molecule has 0 amide bonds. The molecule has 0 aliphatic rings. The van der Waals surface area contributed by atoms with Crippen molar-refractivity contribution in [3.8, 4) is 5.75 Å². The van der Waals surface area contributed by atoms with E-state index in [0.29, 0.717) is 11.8 Å². The van der Waals surface area contributed by atoms with Gasteiger partial charge in [0.2, 0.25) is 0 Å². The van der Waals surface area contributed by atoms with Gasteiger partial charge in [0.25, 0.3) is 0 Å². The highest BCUT2D eigenvalue weighted by atomic mass is 16.5. The van der Waals surface area contributed by atoms with Crippen molar-refractivity contribution in [2.24, 2.45) is 5.92 Å². The van der Waals surface area contributed by atoms with Crippen LogP contribution in [0.15, 0.2) is 36.4 Å². The molecule has 1 N–H and O–H groups in total. The first-order chi connectivity index (χ1) is 8.22. The summed E-state index contributed by atoms with van der Waals surface area (Å²) >= 11 is 0. The number of nitrogens with one attached hydrogen (secondary N) is 1. The maximum atomic E-state index is 5.28. The average Bonchev–Trinajstić information content (AvgIpc) is 2.36. The highest BCUT2D eigenvalue weighted by molar-refractivity contribution is 5.32. The second kappa shape index (κ2) is 7.13. The van der Waals surface area contributed by atoms with Gasteiger partial charge in [0.1, 0.15) is 5.75 Å². The van der Waals surface area contributed by atoms with E-state index in [4.69, 9.17) is 4.74 Å². The van der Waals surface area contributed by atoms with E-state index >= 15 is 0 Å². The number of benzene rings is 1. The molecule has 0 heterocycles. The van der Waals surface area contributed by atoms with Gasteiger partial charge in [-0.25, -0.2) is 0 Å². The minimum Gasteiger partial charge on any atom is -0.497 e. The van der Waals surface area contributed by atoms with Gasteiger partial charge in [0.05, 0.1) is 7.11 Å². The molecule has 17 heavy (non-hydrogen) atoms. The van der Waals surface area contributed by atoms with Crippen molar-refractivity contribution in [2.45, 2.75) is 19.8 Å². The zero-order chi connectivity index (χ0) is 12.7. The van der Waals surface area contributed by atoms with E-state index in [1.807, 2.05) is 13.1 Å². The first kappa shape index (κ1) is 13.8. The summed E-state index contributed by atoms with van der Waals surface area (Å²) < 4.78 is 5.28. The Morgan fingerprint density at radius 2 is 2.18 bits per heavy atom. The van der Waals surface area contributed by atoms with Crippen LogP contribution in [0.4, 0.5) is 0 Å². The molecule has 0 saturated carbocycles. The Bertz CT molecular complexity index is 360. The lowest BCUT2D eigenvalue weighted by Gasteiger charge is -2.22. The van der Waals surface area contributed by atoms with E-state index in [0.717, 1.165) is 12.3 Å². The van der Waals surface area contributed by atoms with Crippen LogP contribution in [-0.4, -0.2) is 20.7 Å². The van der Waals surface area contributed by atoms with Gasteiger partial charge in [-0.05, 0) is 37.6 Å². The lowest BCUT2D eigenvalue weighted by molar-refractivity contribution is 0.412. The predicted molar refractivity (Wildman–Crippen MR) is 73.6 cm³/mol. The lowest BCUT2D eigenvalue weighted by atomic mass is 9.86. The normalized spacial score (nSPS) is 14.8. The molecule has 0 saturated heterocycles. The predicted octanol–water partition coefficient (Wildman–Crippen LogP) is 3.21. The summed E-state index contributed by atoms with van der Waals surface area (Å²) in [7, 11) is 3.71. The second-order valence-corrected chi connectivity index (χ2v) is 4.33. The monoisotopic (exact) mass is 233 g/mol. The van der Waals surface area contributed by atoms with Crippen molar-refractivity contribution >= 4 is 0 Å². The van der Waals surface area contributed by atoms with Gasteiger partial charge < -0.3 is 10.1 Å². The summed E-state index contributed by atoms with van der Waals surface area (Å²) in [5, 5.41) is 3.27. The van der Waals surface area contributed by atoms with Crippen molar-refractivity contribution in [1.82, 2.24) is 5.32 Å². The van der Waals surface area contributed by atoms with Crippen molar-refractivity contribution < 1.29 is 4.74 Å². The van der Waals surface area contributed by atoms with Gasteiger partial charge in [-0.3, -0.25) is 0 Å². The van der Waals surface area contributed by atoms with Crippen molar-refractivity contribution in [3.63, 3.8) is 0 Å². The molecular formula is C15H23NO. The number of ether oxygens (including phenoxy) is 1. The maximum absolute atomic E-state index is 5.28. The van der Waals surface area contributed by atoms with Crippen LogP contribution < -0.4 is 10.1 Å². The fourth-order valence-corrected chi connectivity index (χ4v) is 2.14. The maximum Gasteiger partial charge on any atom is 0.119 e. The van der Waals surface area contributed by atoms with Gasteiger partial charge in [0.15, 0.2) is 0 Å². The van der Waals surface area contributed by atoms with Gasteiger partial charge in [0, 0.05) is 12.5 Å². The molecule has 0 unspecified atom stereocenters. The molecule has 0 fully saturated rings. The van der Waals surface area contributed by atoms with Crippen LogP contribution in [-0.2, 0) is 0 Å². The Labute approximate surface area is 105 Å². The molecular weight excluding hydrogens is 210 g/mol. The molecule has 0 aliphatic heterocycles. The van der Waals surface area contributed by atoms with Gasteiger partial charge >= 0.3 is 0 Å². The zero-order valence-corrected chi connectivity index (χ0v) is 11.2. The first-order valence-electron chi connectivity index (χ1n) is 6.14. The van der Waals surface area contributed by atoms with E-state index in [1.165, 1.54) is 5.56 Å². The summed E-state index contributed by atoms with van der Waals surface area (Å²) in [5.41, 5.74) is 1.32. The van der Waals surface area contributed by atoms with E-state index in [2.05, 4.69) is 49.5 Å². The second-order valence-electron chi connectivity index (χ2n) is 4.33. The summed E-state index contributed by atoms with van der Waals surface area (Å²) in [6.07, 6.45) is 4.37. The number of allylic oxidation sites excluding steroid dienone is 2. The minimum atomic E-state index is 0.478. The molecule has 1 aromatic carbocycles. The van der Waals surface area contributed by atoms with E-state index in [-0.39, 0.29) is 0 Å². The van der Waals surface area contributed by atoms with Crippen LogP contribution >= 0.6 is 0 Å². The Hall–Kier alpha value is -1.28. The number of methoxy groups -OCH3 is 1. The van der Waals surface area contributed by atoms with Gasteiger partial charge in [-0.2, -0.15) is 0 Å². The van der Waals surface area contributed by atoms with E-state index < -0.39 is 0 Å². The van der Waals surface area contributed by atoms with Crippen LogP contribution in [0.2, 0.25) is 0 Å². The zero-order valence-electron chi connectivity index (χ0n) is 11.2. The lowest BCUT2D eigenvalue weighted by Crippen LogP contribution is -2.21. The standard InChI is InChI=1S/C15H23NO/c1-5-7-12(2)15(11-16-3)13-8-6-9-14(10-13)17-4/h5-10,12,15-16H,11H2,1-4H3/b7-5-/t12-,15-/m1/s1. The van der Waals surface area contributed by atoms with Crippen LogP contribution in [0.1, 0.15) is 25.3 Å². The number of hydrogen-bond donors (Lipinski definition) is 1. The van der Waals surface area contributed by atoms with Crippen molar-refractivity contribution in [3.05, 3.63) is 42.0 Å².